The van der Waals surface area contributed by atoms with Gasteiger partial charge in [0.05, 0.1) is 5.39 Å². The van der Waals surface area contributed by atoms with E-state index in [1.165, 1.54) is 0 Å². The largest absolute Gasteiger partial charge is 0.472 e. The SMILES string of the molecule is Cc1cc2c(OCc3ccccc3Cl)nc(Cl)nc2s1. The lowest BCUT2D eigenvalue weighted by Gasteiger charge is -2.07. The molecule has 0 atom stereocenters. The molecule has 0 N–H and O–H groups in total. The molecule has 0 spiro atoms. The first-order valence-corrected chi connectivity index (χ1v) is 7.50. The fourth-order valence-electron chi connectivity index (χ4n) is 1.86. The van der Waals surface area contributed by atoms with E-state index in [1.54, 1.807) is 11.3 Å². The van der Waals surface area contributed by atoms with Crippen LogP contribution in [0, 0.1) is 6.92 Å². The number of halogens is 2. The summed E-state index contributed by atoms with van der Waals surface area (Å²) in [4.78, 5) is 10.3. The third-order valence-corrected chi connectivity index (χ3v) is 4.26. The molecule has 0 saturated heterocycles. The summed E-state index contributed by atoms with van der Waals surface area (Å²) in [7, 11) is 0. The van der Waals surface area contributed by atoms with Gasteiger partial charge in [-0.25, -0.2) is 4.98 Å². The number of benzene rings is 1. The minimum Gasteiger partial charge on any atom is -0.472 e. The van der Waals surface area contributed by atoms with Gasteiger partial charge in [0.1, 0.15) is 11.4 Å². The molecule has 0 aliphatic carbocycles. The van der Waals surface area contributed by atoms with Crippen LogP contribution in [0.3, 0.4) is 0 Å². The number of fused-ring (bicyclic) bond motifs is 1. The Morgan fingerprint density at radius 3 is 2.80 bits per heavy atom. The third-order valence-electron chi connectivity index (χ3n) is 2.78. The van der Waals surface area contributed by atoms with Gasteiger partial charge in [-0.2, -0.15) is 4.98 Å². The lowest BCUT2D eigenvalue weighted by atomic mass is 10.2. The van der Waals surface area contributed by atoms with Gasteiger partial charge < -0.3 is 4.74 Å². The van der Waals surface area contributed by atoms with Gasteiger partial charge in [0.15, 0.2) is 0 Å². The van der Waals surface area contributed by atoms with Crippen LogP contribution in [0.1, 0.15) is 10.4 Å². The first kappa shape index (κ1) is 13.6. The predicted octanol–water partition coefficient (Wildman–Crippen LogP) is 4.89. The maximum atomic E-state index is 6.11. The normalized spacial score (nSPS) is 10.9. The van der Waals surface area contributed by atoms with Crippen LogP contribution in [0.2, 0.25) is 10.3 Å². The molecule has 0 radical (unpaired) electrons. The van der Waals surface area contributed by atoms with E-state index in [1.807, 2.05) is 37.3 Å². The van der Waals surface area contributed by atoms with Crippen molar-refractivity contribution >= 4 is 44.8 Å². The fraction of sp³-hybridized carbons (Fsp3) is 0.143. The summed E-state index contributed by atoms with van der Waals surface area (Å²) in [6.07, 6.45) is 0. The van der Waals surface area contributed by atoms with Crippen LogP contribution in [-0.2, 0) is 6.61 Å². The Hall–Kier alpha value is -1.36. The van der Waals surface area contributed by atoms with Crippen LogP contribution in [0.4, 0.5) is 0 Å². The number of rotatable bonds is 3. The second-order valence-corrected chi connectivity index (χ2v) is 6.23. The van der Waals surface area contributed by atoms with E-state index >= 15 is 0 Å². The molecular weight excluding hydrogens is 315 g/mol. The summed E-state index contributed by atoms with van der Waals surface area (Å²) in [5, 5.41) is 1.74. The molecule has 0 unspecified atom stereocenters. The molecule has 3 nitrogen and oxygen atoms in total. The molecule has 20 heavy (non-hydrogen) atoms. The number of aryl methyl sites for hydroxylation is 1. The highest BCUT2D eigenvalue weighted by atomic mass is 35.5. The molecule has 0 bridgehead atoms. The van der Waals surface area contributed by atoms with Crippen molar-refractivity contribution in [3.8, 4) is 5.88 Å². The third kappa shape index (κ3) is 2.73. The Balaban J connectivity index is 1.93. The monoisotopic (exact) mass is 324 g/mol. The summed E-state index contributed by atoms with van der Waals surface area (Å²) >= 11 is 13.6. The Bertz CT molecular complexity index is 773. The molecule has 2 aromatic heterocycles. The van der Waals surface area contributed by atoms with Crippen molar-refractivity contribution in [2.24, 2.45) is 0 Å². The number of hydrogen-bond acceptors (Lipinski definition) is 4. The zero-order chi connectivity index (χ0) is 14.1. The number of ether oxygens (including phenoxy) is 1. The van der Waals surface area contributed by atoms with Gasteiger partial charge in [0, 0.05) is 15.5 Å². The summed E-state index contributed by atoms with van der Waals surface area (Å²) in [5.41, 5.74) is 0.906. The number of nitrogens with zero attached hydrogens (tertiary/aromatic N) is 2. The maximum Gasteiger partial charge on any atom is 0.227 e. The average molecular weight is 325 g/mol. The topological polar surface area (TPSA) is 35.0 Å². The van der Waals surface area contributed by atoms with Crippen LogP contribution in [-0.4, -0.2) is 9.97 Å². The highest BCUT2D eigenvalue weighted by molar-refractivity contribution is 7.18. The van der Waals surface area contributed by atoms with E-state index in [0.29, 0.717) is 17.5 Å². The molecule has 0 aliphatic rings. The first-order valence-electron chi connectivity index (χ1n) is 5.93. The summed E-state index contributed by atoms with van der Waals surface area (Å²) < 4.78 is 5.77. The highest BCUT2D eigenvalue weighted by Gasteiger charge is 2.11. The van der Waals surface area contributed by atoms with Crippen molar-refractivity contribution in [2.75, 3.05) is 0 Å². The van der Waals surface area contributed by atoms with Gasteiger partial charge in [-0.3, -0.25) is 0 Å². The van der Waals surface area contributed by atoms with Crippen molar-refractivity contribution in [2.45, 2.75) is 13.5 Å². The van der Waals surface area contributed by atoms with Crippen LogP contribution in [0.25, 0.3) is 10.2 Å². The smallest absolute Gasteiger partial charge is 0.227 e. The second-order valence-electron chi connectivity index (χ2n) is 4.25. The lowest BCUT2D eigenvalue weighted by Crippen LogP contribution is -1.99. The minimum atomic E-state index is 0.188. The maximum absolute atomic E-state index is 6.11. The van der Waals surface area contributed by atoms with Crippen molar-refractivity contribution in [3.63, 3.8) is 0 Å². The fourth-order valence-corrected chi connectivity index (χ4v) is 3.13. The molecule has 2 heterocycles. The predicted molar refractivity (Wildman–Crippen MR) is 82.9 cm³/mol. The van der Waals surface area contributed by atoms with Gasteiger partial charge in [-0.05, 0) is 30.7 Å². The van der Waals surface area contributed by atoms with Crippen LogP contribution >= 0.6 is 34.5 Å². The van der Waals surface area contributed by atoms with E-state index < -0.39 is 0 Å². The van der Waals surface area contributed by atoms with Gasteiger partial charge in [-0.15, -0.1) is 11.3 Å². The van der Waals surface area contributed by atoms with E-state index in [2.05, 4.69) is 9.97 Å². The summed E-state index contributed by atoms with van der Waals surface area (Å²) in [6, 6.07) is 9.55. The standard InChI is InChI=1S/C14H10Cl2N2OS/c1-8-6-10-12(17-14(16)18-13(10)20-8)19-7-9-4-2-3-5-11(9)15/h2-6H,7H2,1H3. The Kier molecular flexibility index (Phi) is 3.78. The van der Waals surface area contributed by atoms with Gasteiger partial charge >= 0.3 is 0 Å². The Labute approximate surface area is 130 Å². The minimum absolute atomic E-state index is 0.188. The van der Waals surface area contributed by atoms with Gasteiger partial charge in [0.2, 0.25) is 11.2 Å². The first-order chi connectivity index (χ1) is 9.63. The number of hydrogen-bond donors (Lipinski definition) is 0. The van der Waals surface area contributed by atoms with Gasteiger partial charge in [-0.1, -0.05) is 29.8 Å². The highest BCUT2D eigenvalue weighted by Crippen LogP contribution is 2.31. The van der Waals surface area contributed by atoms with Crippen molar-refractivity contribution < 1.29 is 4.74 Å². The van der Waals surface area contributed by atoms with Crippen LogP contribution in [0.15, 0.2) is 30.3 Å². The number of thiophene rings is 1. The molecule has 1 aromatic carbocycles. The molecule has 3 rings (SSSR count). The zero-order valence-corrected chi connectivity index (χ0v) is 12.9. The average Bonchev–Trinajstić information content (AvgIpc) is 2.77. The second kappa shape index (κ2) is 5.56. The van der Waals surface area contributed by atoms with Crippen LogP contribution in [0.5, 0.6) is 5.88 Å². The van der Waals surface area contributed by atoms with E-state index in [9.17, 15) is 0 Å². The number of aromatic nitrogens is 2. The lowest BCUT2D eigenvalue weighted by molar-refractivity contribution is 0.298. The molecule has 3 aromatic rings. The Morgan fingerprint density at radius 2 is 2.00 bits per heavy atom. The van der Waals surface area contributed by atoms with E-state index in [-0.39, 0.29) is 5.28 Å². The molecule has 0 fully saturated rings. The molecule has 102 valence electrons. The molecule has 0 saturated carbocycles. The molecule has 0 amide bonds. The quantitative estimate of drug-likeness (QED) is 0.643. The van der Waals surface area contributed by atoms with Crippen molar-refractivity contribution in [1.29, 1.82) is 0 Å². The van der Waals surface area contributed by atoms with Crippen LogP contribution < -0.4 is 4.74 Å². The molecule has 6 heteroatoms. The van der Waals surface area contributed by atoms with Crippen molar-refractivity contribution in [3.05, 3.63) is 51.1 Å². The molecule has 0 aliphatic heterocycles. The Morgan fingerprint density at radius 1 is 1.20 bits per heavy atom. The summed E-state index contributed by atoms with van der Waals surface area (Å²) in [5.74, 6) is 0.490. The summed E-state index contributed by atoms with van der Waals surface area (Å²) in [6.45, 7) is 2.36. The van der Waals surface area contributed by atoms with Gasteiger partial charge in [0.25, 0.3) is 0 Å². The molecular formula is C14H10Cl2N2OS. The van der Waals surface area contributed by atoms with E-state index in [4.69, 9.17) is 27.9 Å². The van der Waals surface area contributed by atoms with Crippen molar-refractivity contribution in [1.82, 2.24) is 9.97 Å². The zero-order valence-electron chi connectivity index (χ0n) is 10.6. The van der Waals surface area contributed by atoms with E-state index in [0.717, 1.165) is 20.7 Å².